The molecule has 4 rings (SSSR count). The van der Waals surface area contributed by atoms with Crippen molar-refractivity contribution in [1.82, 2.24) is 9.29 Å². The molecule has 0 spiro atoms. The Balaban J connectivity index is 1.53. The topological polar surface area (TPSA) is 76.6 Å². The number of halogens is 2. The summed E-state index contributed by atoms with van der Waals surface area (Å²) in [6, 6.07) is 11.4. The van der Waals surface area contributed by atoms with E-state index in [0.717, 1.165) is 12.1 Å². The van der Waals surface area contributed by atoms with Gasteiger partial charge in [-0.05, 0) is 61.4 Å². The number of sulfonamides is 1. The number of fused-ring (bicyclic) bond motifs is 1. The first kappa shape index (κ1) is 20.7. The van der Waals surface area contributed by atoms with Gasteiger partial charge in [0.1, 0.15) is 11.3 Å². The molecule has 1 aromatic heterocycles. The Morgan fingerprint density at radius 3 is 2.70 bits per heavy atom. The molecule has 0 saturated carbocycles. The summed E-state index contributed by atoms with van der Waals surface area (Å²) in [4.78, 5) is 17.0. The number of rotatable bonds is 4. The van der Waals surface area contributed by atoms with Crippen molar-refractivity contribution in [1.29, 1.82) is 0 Å². The first-order valence-corrected chi connectivity index (χ1v) is 11.2. The fourth-order valence-corrected chi connectivity index (χ4v) is 5.23. The van der Waals surface area contributed by atoms with Crippen LogP contribution in [0, 0.1) is 11.7 Å². The SMILES string of the molecule is O=C(Oc1ccc(Cl)c2cccnc12)[C@@H]1CCCN(S(=O)(=O)c2ccc(F)cc2)C1. The zero-order chi connectivity index (χ0) is 21.3. The van der Waals surface area contributed by atoms with Crippen molar-refractivity contribution >= 4 is 38.5 Å². The second-order valence-corrected chi connectivity index (χ2v) is 9.37. The Labute approximate surface area is 178 Å². The molecule has 0 radical (unpaired) electrons. The van der Waals surface area contributed by atoms with E-state index in [0.29, 0.717) is 28.8 Å². The smallest absolute Gasteiger partial charge is 0.315 e. The van der Waals surface area contributed by atoms with Crippen LogP contribution >= 0.6 is 11.6 Å². The summed E-state index contributed by atoms with van der Waals surface area (Å²) in [7, 11) is -3.83. The van der Waals surface area contributed by atoms with Crippen LogP contribution in [0.4, 0.5) is 4.39 Å². The van der Waals surface area contributed by atoms with Crippen molar-refractivity contribution < 1.29 is 22.3 Å². The van der Waals surface area contributed by atoms with E-state index in [1.54, 1.807) is 30.5 Å². The molecule has 1 fully saturated rings. The van der Waals surface area contributed by atoms with Gasteiger partial charge in [-0.15, -0.1) is 0 Å². The van der Waals surface area contributed by atoms with Gasteiger partial charge in [0.2, 0.25) is 10.0 Å². The Bertz CT molecular complexity index is 1200. The second-order valence-electron chi connectivity index (χ2n) is 7.02. The van der Waals surface area contributed by atoms with E-state index in [-0.39, 0.29) is 23.7 Å². The third-order valence-electron chi connectivity index (χ3n) is 5.06. The third-order valence-corrected chi connectivity index (χ3v) is 7.27. The molecule has 0 amide bonds. The molecule has 9 heteroatoms. The zero-order valence-electron chi connectivity index (χ0n) is 15.8. The van der Waals surface area contributed by atoms with Crippen molar-refractivity contribution in [3.8, 4) is 5.75 Å². The summed E-state index contributed by atoms with van der Waals surface area (Å²) in [5.74, 6) is -1.39. The molecular formula is C21H18ClFN2O4S. The van der Waals surface area contributed by atoms with Crippen molar-refractivity contribution in [2.75, 3.05) is 13.1 Å². The lowest BCUT2D eigenvalue weighted by atomic mass is 10.00. The van der Waals surface area contributed by atoms with Gasteiger partial charge in [0.25, 0.3) is 0 Å². The number of hydrogen-bond donors (Lipinski definition) is 0. The van der Waals surface area contributed by atoms with Crippen molar-refractivity contribution in [2.45, 2.75) is 17.7 Å². The van der Waals surface area contributed by atoms with Gasteiger partial charge in [0, 0.05) is 24.7 Å². The van der Waals surface area contributed by atoms with E-state index >= 15 is 0 Å². The average molecular weight is 449 g/mol. The summed E-state index contributed by atoms with van der Waals surface area (Å²) in [6.45, 7) is 0.284. The summed E-state index contributed by atoms with van der Waals surface area (Å²) >= 11 is 6.17. The van der Waals surface area contributed by atoms with Gasteiger partial charge >= 0.3 is 5.97 Å². The lowest BCUT2D eigenvalue weighted by Gasteiger charge is -2.30. The van der Waals surface area contributed by atoms with Crippen LogP contribution in [0.3, 0.4) is 0 Å². The largest absolute Gasteiger partial charge is 0.424 e. The van der Waals surface area contributed by atoms with E-state index in [9.17, 15) is 17.6 Å². The highest BCUT2D eigenvalue weighted by Crippen LogP contribution is 2.31. The quantitative estimate of drug-likeness (QED) is 0.445. The molecule has 0 unspecified atom stereocenters. The molecule has 2 aromatic carbocycles. The number of pyridine rings is 1. The van der Waals surface area contributed by atoms with Crippen molar-refractivity contribution in [3.05, 3.63) is 65.6 Å². The molecule has 1 aliphatic rings. The minimum atomic E-state index is -3.83. The Morgan fingerprint density at radius 1 is 1.17 bits per heavy atom. The van der Waals surface area contributed by atoms with Gasteiger partial charge in [0.05, 0.1) is 15.8 Å². The number of ether oxygens (including phenoxy) is 1. The summed E-state index contributed by atoms with van der Waals surface area (Å²) in [5.41, 5.74) is 0.463. The molecule has 1 atom stereocenters. The molecule has 156 valence electrons. The van der Waals surface area contributed by atoms with E-state index < -0.39 is 27.7 Å². The van der Waals surface area contributed by atoms with Gasteiger partial charge in [-0.1, -0.05) is 11.6 Å². The van der Waals surface area contributed by atoms with Gasteiger partial charge in [0.15, 0.2) is 5.75 Å². The standard InChI is InChI=1S/C21H18ClFN2O4S/c22-18-9-10-19(20-17(18)4-1-11-24-20)29-21(26)14-3-2-12-25(13-14)30(27,28)16-7-5-15(23)6-8-16/h1,4-11,14H,2-3,12-13H2/t14-/m1/s1. The predicted octanol–water partition coefficient (Wildman–Crippen LogP) is 4.03. The van der Waals surface area contributed by atoms with Gasteiger partial charge in [-0.25, -0.2) is 12.8 Å². The summed E-state index contributed by atoms with van der Waals surface area (Å²) in [5, 5.41) is 1.15. The van der Waals surface area contributed by atoms with Crippen LogP contribution in [0.1, 0.15) is 12.8 Å². The third kappa shape index (κ3) is 4.03. The maximum absolute atomic E-state index is 13.1. The number of benzene rings is 2. The first-order chi connectivity index (χ1) is 14.4. The van der Waals surface area contributed by atoms with Crippen LogP contribution in [-0.2, 0) is 14.8 Å². The molecular weight excluding hydrogens is 431 g/mol. The molecule has 1 aliphatic heterocycles. The van der Waals surface area contributed by atoms with Crippen molar-refractivity contribution in [2.24, 2.45) is 5.92 Å². The fraction of sp³-hybridized carbons (Fsp3) is 0.238. The number of carbonyl (C=O) groups is 1. The highest BCUT2D eigenvalue weighted by atomic mass is 35.5. The average Bonchev–Trinajstić information content (AvgIpc) is 2.76. The monoisotopic (exact) mass is 448 g/mol. The molecule has 0 N–H and O–H groups in total. The Hall–Kier alpha value is -2.55. The lowest BCUT2D eigenvalue weighted by Crippen LogP contribution is -2.43. The van der Waals surface area contributed by atoms with Crippen LogP contribution in [0.5, 0.6) is 5.75 Å². The minimum absolute atomic E-state index is 0.00249. The normalized spacial score (nSPS) is 17.7. The van der Waals surface area contributed by atoms with Gasteiger partial charge in [-0.2, -0.15) is 4.31 Å². The maximum atomic E-state index is 13.1. The van der Waals surface area contributed by atoms with Crippen LogP contribution in [0.15, 0.2) is 59.6 Å². The molecule has 30 heavy (non-hydrogen) atoms. The van der Waals surface area contributed by atoms with Crippen LogP contribution in [-0.4, -0.2) is 36.8 Å². The second kappa shape index (κ2) is 8.29. The highest BCUT2D eigenvalue weighted by molar-refractivity contribution is 7.89. The molecule has 2 heterocycles. The summed E-state index contributed by atoms with van der Waals surface area (Å²) in [6.07, 6.45) is 2.60. The molecule has 0 bridgehead atoms. The number of nitrogens with zero attached hydrogens (tertiary/aromatic N) is 2. The fourth-order valence-electron chi connectivity index (χ4n) is 3.49. The Morgan fingerprint density at radius 2 is 1.93 bits per heavy atom. The molecule has 6 nitrogen and oxygen atoms in total. The number of hydrogen-bond acceptors (Lipinski definition) is 5. The van der Waals surface area contributed by atoms with Crippen LogP contribution in [0.25, 0.3) is 10.9 Å². The van der Waals surface area contributed by atoms with E-state index in [2.05, 4.69) is 4.98 Å². The summed E-state index contributed by atoms with van der Waals surface area (Å²) < 4.78 is 45.7. The number of esters is 1. The Kier molecular flexibility index (Phi) is 5.73. The first-order valence-electron chi connectivity index (χ1n) is 9.37. The zero-order valence-corrected chi connectivity index (χ0v) is 17.4. The maximum Gasteiger partial charge on any atom is 0.315 e. The van der Waals surface area contributed by atoms with Crippen molar-refractivity contribution in [3.63, 3.8) is 0 Å². The molecule has 0 aliphatic carbocycles. The highest BCUT2D eigenvalue weighted by Gasteiger charge is 2.34. The predicted molar refractivity (Wildman–Crippen MR) is 110 cm³/mol. The van der Waals surface area contributed by atoms with Gasteiger partial charge in [-0.3, -0.25) is 9.78 Å². The van der Waals surface area contributed by atoms with E-state index in [1.807, 2.05) is 0 Å². The number of aromatic nitrogens is 1. The number of piperidine rings is 1. The van der Waals surface area contributed by atoms with Crippen LogP contribution in [0.2, 0.25) is 5.02 Å². The molecule has 3 aromatic rings. The van der Waals surface area contributed by atoms with E-state index in [1.165, 1.54) is 16.4 Å². The van der Waals surface area contributed by atoms with E-state index in [4.69, 9.17) is 16.3 Å². The number of carbonyl (C=O) groups excluding carboxylic acids is 1. The lowest BCUT2D eigenvalue weighted by molar-refractivity contribution is -0.140. The van der Waals surface area contributed by atoms with Crippen LogP contribution < -0.4 is 4.74 Å². The van der Waals surface area contributed by atoms with Gasteiger partial charge < -0.3 is 4.74 Å². The molecule has 1 saturated heterocycles. The minimum Gasteiger partial charge on any atom is -0.424 e.